The van der Waals surface area contributed by atoms with Crippen molar-refractivity contribution in [1.82, 2.24) is 9.78 Å². The molecule has 0 saturated heterocycles. The number of nitrogens with one attached hydrogen (secondary N) is 1. The number of hydrogen-bond donors (Lipinski definition) is 2. The molecule has 23 heavy (non-hydrogen) atoms. The molecule has 1 atom stereocenters. The van der Waals surface area contributed by atoms with Crippen LogP contribution in [0.15, 0.2) is 29.3 Å². The molecule has 1 aromatic carbocycles. The molecule has 0 fully saturated rings. The Morgan fingerprint density at radius 2 is 1.83 bits per heavy atom. The minimum Gasteiger partial charge on any atom is -0.370 e. The van der Waals surface area contributed by atoms with E-state index in [0.717, 1.165) is 17.9 Å². The fourth-order valence-corrected chi connectivity index (χ4v) is 2.70. The number of nitrogens with two attached hydrogens (primary N) is 1. The molecule has 0 aliphatic rings. The van der Waals surface area contributed by atoms with Gasteiger partial charge in [0.25, 0.3) is 0 Å². The number of aromatic nitrogens is 2. The summed E-state index contributed by atoms with van der Waals surface area (Å²) in [6.07, 6.45) is 0. The van der Waals surface area contributed by atoms with Crippen LogP contribution < -0.4 is 11.1 Å². The lowest BCUT2D eigenvalue weighted by Gasteiger charge is -2.12. The van der Waals surface area contributed by atoms with Crippen LogP contribution in [0.4, 0.5) is 5.69 Å². The number of hydrogen-bond acceptors (Lipinski definition) is 2. The van der Waals surface area contributed by atoms with Crippen molar-refractivity contribution in [2.75, 3.05) is 11.9 Å². The maximum atomic E-state index is 6.00. The first-order valence-corrected chi connectivity index (χ1v) is 8.00. The summed E-state index contributed by atoms with van der Waals surface area (Å²) in [5.41, 5.74) is 11.6. The molecule has 5 heteroatoms. The first-order chi connectivity index (χ1) is 10.8. The first kappa shape index (κ1) is 17.1. The molecular formula is C18H27N5. The first-order valence-electron chi connectivity index (χ1n) is 8.00. The molecule has 2 aromatic rings. The second-order valence-corrected chi connectivity index (χ2v) is 6.44. The van der Waals surface area contributed by atoms with Gasteiger partial charge in [-0.3, -0.25) is 9.67 Å². The van der Waals surface area contributed by atoms with E-state index < -0.39 is 0 Å². The molecule has 0 amide bonds. The predicted octanol–water partition coefficient (Wildman–Crippen LogP) is 3.18. The van der Waals surface area contributed by atoms with Gasteiger partial charge >= 0.3 is 0 Å². The smallest absolute Gasteiger partial charge is 0.193 e. The molecule has 1 aromatic heterocycles. The van der Waals surface area contributed by atoms with E-state index in [0.29, 0.717) is 18.4 Å². The Hall–Kier alpha value is -2.30. The van der Waals surface area contributed by atoms with Gasteiger partial charge in [0.2, 0.25) is 0 Å². The fraction of sp³-hybridized carbons (Fsp3) is 0.444. The Morgan fingerprint density at radius 1 is 1.17 bits per heavy atom. The number of nitrogens with zero attached hydrogens (tertiary/aromatic N) is 3. The third-order valence-corrected chi connectivity index (χ3v) is 3.66. The number of benzene rings is 1. The van der Waals surface area contributed by atoms with Crippen LogP contribution in [0, 0.1) is 33.6 Å². The SMILES string of the molecule is Cc1cc(C)cc(NC(N)=NCC(C)Cn2nc(C)cc2C)c1. The zero-order valence-electron chi connectivity index (χ0n) is 14.7. The highest BCUT2D eigenvalue weighted by Crippen LogP contribution is 2.13. The van der Waals surface area contributed by atoms with Gasteiger partial charge in [-0.15, -0.1) is 0 Å². The lowest BCUT2D eigenvalue weighted by Crippen LogP contribution is -2.24. The third-order valence-electron chi connectivity index (χ3n) is 3.66. The molecule has 0 radical (unpaired) electrons. The fourth-order valence-electron chi connectivity index (χ4n) is 2.70. The van der Waals surface area contributed by atoms with E-state index in [4.69, 9.17) is 5.73 Å². The monoisotopic (exact) mass is 313 g/mol. The van der Waals surface area contributed by atoms with Crippen molar-refractivity contribution in [3.63, 3.8) is 0 Å². The highest BCUT2D eigenvalue weighted by Gasteiger charge is 2.07. The van der Waals surface area contributed by atoms with Gasteiger partial charge in [0, 0.05) is 24.5 Å². The second kappa shape index (κ2) is 7.31. The van der Waals surface area contributed by atoms with Crippen molar-refractivity contribution in [2.45, 2.75) is 41.2 Å². The minimum absolute atomic E-state index is 0.368. The lowest BCUT2D eigenvalue weighted by atomic mass is 10.1. The molecule has 3 N–H and O–H groups in total. The van der Waals surface area contributed by atoms with E-state index in [9.17, 15) is 0 Å². The van der Waals surface area contributed by atoms with Crippen molar-refractivity contribution in [3.05, 3.63) is 46.8 Å². The molecule has 0 aliphatic carbocycles. The minimum atomic E-state index is 0.368. The van der Waals surface area contributed by atoms with Crippen LogP contribution in [0.1, 0.15) is 29.4 Å². The number of aryl methyl sites for hydroxylation is 4. The number of guanidine groups is 1. The van der Waals surface area contributed by atoms with Gasteiger partial charge in [0.15, 0.2) is 5.96 Å². The van der Waals surface area contributed by atoms with Crippen LogP contribution in [-0.4, -0.2) is 22.3 Å². The van der Waals surface area contributed by atoms with Crippen LogP contribution in [0.3, 0.4) is 0 Å². The number of rotatable bonds is 5. The van der Waals surface area contributed by atoms with Crippen LogP contribution in [-0.2, 0) is 6.54 Å². The predicted molar refractivity (Wildman–Crippen MR) is 96.9 cm³/mol. The van der Waals surface area contributed by atoms with Crippen LogP contribution in [0.2, 0.25) is 0 Å². The molecule has 0 saturated carbocycles. The maximum absolute atomic E-state index is 6.00. The summed E-state index contributed by atoms with van der Waals surface area (Å²) in [5, 5.41) is 7.65. The Labute approximate surface area is 138 Å². The van der Waals surface area contributed by atoms with Gasteiger partial charge in [0.05, 0.1) is 5.69 Å². The van der Waals surface area contributed by atoms with E-state index >= 15 is 0 Å². The van der Waals surface area contributed by atoms with Gasteiger partial charge in [-0.05, 0) is 62.9 Å². The highest BCUT2D eigenvalue weighted by molar-refractivity contribution is 5.92. The molecule has 124 valence electrons. The van der Waals surface area contributed by atoms with E-state index in [2.05, 4.69) is 67.4 Å². The van der Waals surface area contributed by atoms with Gasteiger partial charge in [-0.25, -0.2) is 0 Å². The van der Waals surface area contributed by atoms with Crippen LogP contribution in [0.5, 0.6) is 0 Å². The molecular weight excluding hydrogens is 286 g/mol. The van der Waals surface area contributed by atoms with E-state index in [1.807, 2.05) is 11.6 Å². The zero-order valence-corrected chi connectivity index (χ0v) is 14.7. The maximum Gasteiger partial charge on any atom is 0.193 e. The highest BCUT2D eigenvalue weighted by atomic mass is 15.3. The lowest BCUT2D eigenvalue weighted by molar-refractivity contribution is 0.450. The molecule has 2 rings (SSSR count). The van der Waals surface area contributed by atoms with Gasteiger partial charge in [0.1, 0.15) is 0 Å². The van der Waals surface area contributed by atoms with Gasteiger partial charge in [-0.2, -0.15) is 5.10 Å². The Kier molecular flexibility index (Phi) is 5.42. The van der Waals surface area contributed by atoms with Gasteiger partial charge < -0.3 is 11.1 Å². The summed E-state index contributed by atoms with van der Waals surface area (Å²) in [5.74, 6) is 0.822. The average molecular weight is 313 g/mol. The quantitative estimate of drug-likeness (QED) is 0.658. The molecule has 5 nitrogen and oxygen atoms in total. The van der Waals surface area contributed by atoms with E-state index in [-0.39, 0.29) is 0 Å². The summed E-state index contributed by atoms with van der Waals surface area (Å²) >= 11 is 0. The van der Waals surface area contributed by atoms with Crippen LogP contribution in [0.25, 0.3) is 0 Å². The molecule has 0 aliphatic heterocycles. The average Bonchev–Trinajstić information content (AvgIpc) is 2.73. The number of anilines is 1. The summed E-state index contributed by atoms with van der Waals surface area (Å²) in [4.78, 5) is 4.45. The summed E-state index contributed by atoms with van der Waals surface area (Å²) in [6, 6.07) is 8.35. The molecule has 0 spiro atoms. The van der Waals surface area contributed by atoms with Crippen molar-refractivity contribution in [1.29, 1.82) is 0 Å². The summed E-state index contributed by atoms with van der Waals surface area (Å²) < 4.78 is 2.03. The summed E-state index contributed by atoms with van der Waals surface area (Å²) in [7, 11) is 0. The second-order valence-electron chi connectivity index (χ2n) is 6.44. The number of aliphatic imine (C=N–C) groups is 1. The van der Waals surface area contributed by atoms with Crippen molar-refractivity contribution < 1.29 is 0 Å². The molecule has 0 bridgehead atoms. The van der Waals surface area contributed by atoms with E-state index in [1.54, 1.807) is 0 Å². The third kappa shape index (κ3) is 5.13. The molecule has 1 unspecified atom stereocenters. The topological polar surface area (TPSA) is 68.2 Å². The Morgan fingerprint density at radius 3 is 2.39 bits per heavy atom. The Bertz CT molecular complexity index is 679. The van der Waals surface area contributed by atoms with Gasteiger partial charge in [-0.1, -0.05) is 13.0 Å². The van der Waals surface area contributed by atoms with Crippen molar-refractivity contribution >= 4 is 11.6 Å². The zero-order chi connectivity index (χ0) is 17.0. The van der Waals surface area contributed by atoms with Crippen molar-refractivity contribution in [3.8, 4) is 0 Å². The van der Waals surface area contributed by atoms with Crippen LogP contribution >= 0.6 is 0 Å². The standard InChI is InChI=1S/C18H27N5/c1-12-6-13(2)8-17(7-12)21-18(19)20-10-14(3)11-23-16(5)9-15(4)22-23/h6-9,14H,10-11H2,1-5H3,(H3,19,20,21). The Balaban J connectivity index is 1.92. The largest absolute Gasteiger partial charge is 0.370 e. The van der Waals surface area contributed by atoms with Crippen molar-refractivity contribution in [2.24, 2.45) is 16.6 Å². The van der Waals surface area contributed by atoms with E-state index in [1.165, 1.54) is 16.8 Å². The normalized spacial score (nSPS) is 13.2. The summed E-state index contributed by atoms with van der Waals surface area (Å²) in [6.45, 7) is 11.9. The molecule has 1 heterocycles.